The first-order valence-electron chi connectivity index (χ1n) is 8.36. The average molecular weight is 334 g/mol. The summed E-state index contributed by atoms with van der Waals surface area (Å²) in [6.07, 6.45) is 3.92. The first-order chi connectivity index (χ1) is 11.3. The summed E-state index contributed by atoms with van der Waals surface area (Å²) >= 11 is 1.90. The molecule has 0 aromatic carbocycles. The van der Waals surface area contributed by atoms with Gasteiger partial charge in [0, 0.05) is 48.3 Å². The number of hydrogen-bond acceptors (Lipinski definition) is 5. The van der Waals surface area contributed by atoms with Crippen LogP contribution in [0.25, 0.3) is 0 Å². The van der Waals surface area contributed by atoms with E-state index < -0.39 is 0 Å². The normalized spacial score (nSPS) is 17.5. The zero-order valence-electron chi connectivity index (χ0n) is 14.0. The quantitative estimate of drug-likeness (QED) is 0.844. The van der Waals surface area contributed by atoms with Gasteiger partial charge in [0.25, 0.3) is 0 Å². The number of morpholine rings is 1. The van der Waals surface area contributed by atoms with Gasteiger partial charge in [-0.2, -0.15) is 0 Å². The van der Waals surface area contributed by atoms with Crippen LogP contribution in [0.2, 0.25) is 0 Å². The molecule has 1 fully saturated rings. The second kappa shape index (κ2) is 8.06. The lowest BCUT2D eigenvalue weighted by molar-refractivity contribution is 0.0168. The summed E-state index contributed by atoms with van der Waals surface area (Å²) in [5.74, 6) is 1.11. The summed E-state index contributed by atoms with van der Waals surface area (Å²) in [5, 5.41) is 3.61. The summed E-state index contributed by atoms with van der Waals surface area (Å²) < 4.78 is 7.70. The minimum absolute atomic E-state index is 0.419. The number of nitrogens with one attached hydrogen (secondary N) is 1. The maximum absolute atomic E-state index is 5.51. The summed E-state index contributed by atoms with van der Waals surface area (Å²) in [6.45, 7) is 10.7. The van der Waals surface area contributed by atoms with Crippen LogP contribution in [-0.2, 0) is 17.8 Å². The van der Waals surface area contributed by atoms with Gasteiger partial charge in [0.05, 0.1) is 25.8 Å². The summed E-state index contributed by atoms with van der Waals surface area (Å²) in [5.41, 5.74) is 0. The predicted octanol–water partition coefficient (Wildman–Crippen LogP) is 2.44. The van der Waals surface area contributed by atoms with Crippen LogP contribution in [0.3, 0.4) is 0 Å². The zero-order chi connectivity index (χ0) is 16.1. The smallest absolute Gasteiger partial charge is 0.122 e. The Labute approximate surface area is 142 Å². The number of rotatable bonds is 7. The summed E-state index contributed by atoms with van der Waals surface area (Å²) in [4.78, 5) is 9.79. The Balaban J connectivity index is 1.63. The second-order valence-corrected chi connectivity index (χ2v) is 7.19. The Morgan fingerprint density at radius 3 is 2.87 bits per heavy atom. The van der Waals surface area contributed by atoms with Crippen LogP contribution in [0.15, 0.2) is 24.5 Å². The molecule has 0 aliphatic carbocycles. The standard InChI is InChI=1S/C17H26N4OS/c1-3-20-7-6-19-17(20)13-18-12-15(16-5-4-14(2)23-16)21-8-10-22-11-9-21/h4-7,15,18H,3,8-13H2,1-2H3. The number of nitrogens with zero attached hydrogens (tertiary/aromatic N) is 3. The van der Waals surface area contributed by atoms with Crippen molar-refractivity contribution in [1.29, 1.82) is 0 Å². The maximum Gasteiger partial charge on any atom is 0.122 e. The highest BCUT2D eigenvalue weighted by molar-refractivity contribution is 7.12. The number of imidazole rings is 1. The largest absolute Gasteiger partial charge is 0.379 e. The molecule has 1 aliphatic heterocycles. The van der Waals surface area contributed by atoms with Gasteiger partial charge in [0.1, 0.15) is 5.82 Å². The van der Waals surface area contributed by atoms with Gasteiger partial charge < -0.3 is 14.6 Å². The molecule has 1 aliphatic rings. The fourth-order valence-electron chi connectivity index (χ4n) is 3.05. The first-order valence-corrected chi connectivity index (χ1v) is 9.18. The van der Waals surface area contributed by atoms with Crippen LogP contribution >= 0.6 is 11.3 Å². The minimum atomic E-state index is 0.419. The molecular formula is C17H26N4OS. The molecule has 3 rings (SSSR count). The maximum atomic E-state index is 5.51. The van der Waals surface area contributed by atoms with Gasteiger partial charge in [-0.05, 0) is 26.0 Å². The number of hydrogen-bond donors (Lipinski definition) is 1. The van der Waals surface area contributed by atoms with E-state index in [2.05, 4.69) is 45.7 Å². The predicted molar refractivity (Wildman–Crippen MR) is 93.8 cm³/mol. The van der Waals surface area contributed by atoms with Crippen LogP contribution in [0.4, 0.5) is 0 Å². The Kier molecular flexibility index (Phi) is 5.83. The molecule has 5 nitrogen and oxygen atoms in total. The molecule has 1 saturated heterocycles. The van der Waals surface area contributed by atoms with Gasteiger partial charge in [-0.25, -0.2) is 4.98 Å². The van der Waals surface area contributed by atoms with Crippen LogP contribution < -0.4 is 5.32 Å². The molecule has 0 saturated carbocycles. The number of ether oxygens (including phenoxy) is 1. The van der Waals surface area contributed by atoms with Gasteiger partial charge in [-0.15, -0.1) is 11.3 Å². The summed E-state index contributed by atoms with van der Waals surface area (Å²) in [7, 11) is 0. The Morgan fingerprint density at radius 2 is 2.17 bits per heavy atom. The lowest BCUT2D eigenvalue weighted by Crippen LogP contribution is -2.42. The minimum Gasteiger partial charge on any atom is -0.379 e. The van der Waals surface area contributed by atoms with E-state index in [9.17, 15) is 0 Å². The van der Waals surface area contributed by atoms with Crippen molar-refractivity contribution in [3.63, 3.8) is 0 Å². The third-order valence-electron chi connectivity index (χ3n) is 4.34. The van der Waals surface area contributed by atoms with Crippen molar-refractivity contribution in [3.8, 4) is 0 Å². The van der Waals surface area contributed by atoms with Crippen molar-refractivity contribution in [2.24, 2.45) is 0 Å². The third-order valence-corrected chi connectivity index (χ3v) is 5.44. The summed E-state index contributed by atoms with van der Waals surface area (Å²) in [6, 6.07) is 4.91. The average Bonchev–Trinajstić information content (AvgIpc) is 3.21. The highest BCUT2D eigenvalue weighted by Crippen LogP contribution is 2.27. The third kappa shape index (κ3) is 4.20. The van der Waals surface area contributed by atoms with Crippen LogP contribution in [0.1, 0.15) is 28.5 Å². The van der Waals surface area contributed by atoms with Gasteiger partial charge in [-0.3, -0.25) is 4.90 Å². The molecule has 1 unspecified atom stereocenters. The molecule has 6 heteroatoms. The lowest BCUT2D eigenvalue weighted by atomic mass is 10.2. The molecule has 1 N–H and O–H groups in total. The molecule has 1 atom stereocenters. The van der Waals surface area contributed by atoms with Crippen molar-refractivity contribution in [2.45, 2.75) is 33.0 Å². The van der Waals surface area contributed by atoms with Crippen molar-refractivity contribution in [1.82, 2.24) is 19.8 Å². The molecule has 126 valence electrons. The van der Waals surface area contributed by atoms with E-state index in [0.717, 1.165) is 51.8 Å². The zero-order valence-corrected chi connectivity index (χ0v) is 14.8. The fraction of sp³-hybridized carbons (Fsp3) is 0.588. The first kappa shape index (κ1) is 16.6. The monoisotopic (exact) mass is 334 g/mol. The van der Waals surface area contributed by atoms with E-state index in [-0.39, 0.29) is 0 Å². The van der Waals surface area contributed by atoms with Crippen molar-refractivity contribution < 1.29 is 4.74 Å². The number of aryl methyl sites for hydroxylation is 2. The van der Waals surface area contributed by atoms with Crippen LogP contribution in [-0.4, -0.2) is 47.3 Å². The van der Waals surface area contributed by atoms with Crippen molar-refractivity contribution >= 4 is 11.3 Å². The van der Waals surface area contributed by atoms with Gasteiger partial charge in [0.2, 0.25) is 0 Å². The molecule has 0 bridgehead atoms. The Hall–Kier alpha value is -1.21. The van der Waals surface area contributed by atoms with Crippen molar-refractivity contribution in [2.75, 3.05) is 32.8 Å². The van der Waals surface area contributed by atoms with Gasteiger partial charge >= 0.3 is 0 Å². The van der Waals surface area contributed by atoms with E-state index in [1.165, 1.54) is 9.75 Å². The molecular weight excluding hydrogens is 308 g/mol. The second-order valence-electron chi connectivity index (χ2n) is 5.87. The molecule has 0 radical (unpaired) electrons. The Bertz CT molecular complexity index is 603. The lowest BCUT2D eigenvalue weighted by Gasteiger charge is -2.34. The number of aromatic nitrogens is 2. The molecule has 0 spiro atoms. The van der Waals surface area contributed by atoms with E-state index in [0.29, 0.717) is 6.04 Å². The SMILES string of the molecule is CCn1ccnc1CNCC(c1ccc(C)s1)N1CCOCC1. The number of thiophene rings is 1. The van der Waals surface area contributed by atoms with Crippen molar-refractivity contribution in [3.05, 3.63) is 40.1 Å². The molecule has 3 heterocycles. The van der Waals surface area contributed by atoms with E-state index >= 15 is 0 Å². The van der Waals surface area contributed by atoms with Gasteiger partial charge in [0.15, 0.2) is 0 Å². The van der Waals surface area contributed by atoms with Crippen LogP contribution in [0.5, 0.6) is 0 Å². The molecule has 23 heavy (non-hydrogen) atoms. The van der Waals surface area contributed by atoms with Gasteiger partial charge in [-0.1, -0.05) is 0 Å². The Morgan fingerprint density at radius 1 is 1.35 bits per heavy atom. The highest BCUT2D eigenvalue weighted by Gasteiger charge is 2.23. The van der Waals surface area contributed by atoms with E-state index in [1.54, 1.807) is 0 Å². The molecule has 2 aromatic rings. The topological polar surface area (TPSA) is 42.3 Å². The highest BCUT2D eigenvalue weighted by atomic mass is 32.1. The van der Waals surface area contributed by atoms with Crippen LogP contribution in [0, 0.1) is 6.92 Å². The van der Waals surface area contributed by atoms with E-state index in [1.807, 2.05) is 23.7 Å². The molecule has 2 aromatic heterocycles. The fourth-order valence-corrected chi connectivity index (χ4v) is 4.06. The van der Waals surface area contributed by atoms with E-state index in [4.69, 9.17) is 4.74 Å². The molecule has 0 amide bonds.